The Kier molecular flexibility index (Phi) is 8.64. The number of nitrogens with one attached hydrogen (secondary N) is 2. The predicted octanol–water partition coefficient (Wildman–Crippen LogP) is 4.00. The van der Waals surface area contributed by atoms with Crippen LogP contribution in [-0.2, 0) is 19.1 Å². The zero-order valence-corrected chi connectivity index (χ0v) is 23.8. The lowest BCUT2D eigenvalue weighted by Crippen LogP contribution is -2.57. The van der Waals surface area contributed by atoms with Gasteiger partial charge >= 0.3 is 0 Å². The maximum Gasteiger partial charge on any atom is 0.246 e. The molecule has 212 valence electrons. The molecule has 1 aliphatic carbocycles. The van der Waals surface area contributed by atoms with Gasteiger partial charge in [-0.2, -0.15) is 0 Å². The quantitative estimate of drug-likeness (QED) is 0.402. The van der Waals surface area contributed by atoms with Gasteiger partial charge in [-0.15, -0.1) is 0 Å². The van der Waals surface area contributed by atoms with Crippen LogP contribution in [-0.4, -0.2) is 77.5 Å². The van der Waals surface area contributed by atoms with Gasteiger partial charge in [0.2, 0.25) is 17.7 Å². The first kappa shape index (κ1) is 28.1. The maximum atomic E-state index is 14.1. The summed E-state index contributed by atoms with van der Waals surface area (Å²) in [6.45, 7) is 7.26. The highest BCUT2D eigenvalue weighted by Gasteiger charge is 2.72. The highest BCUT2D eigenvalue weighted by molar-refractivity contribution is 6.30. The summed E-state index contributed by atoms with van der Waals surface area (Å²) >= 11 is 6.12. The van der Waals surface area contributed by atoms with E-state index in [-0.39, 0.29) is 23.8 Å². The zero-order valence-electron chi connectivity index (χ0n) is 23.0. The minimum Gasteiger partial charge on any atom is -0.359 e. The molecule has 3 amide bonds. The lowest BCUT2D eigenvalue weighted by atomic mass is 9.74. The fraction of sp³-hybridized carbons (Fsp3) is 0.633. The van der Waals surface area contributed by atoms with E-state index in [1.165, 1.54) is 6.42 Å². The van der Waals surface area contributed by atoms with Crippen molar-refractivity contribution in [3.05, 3.63) is 41.4 Å². The SMILES string of the molecule is CCCN(CCC)CCN1C(=O)[C@@H]2[C@H](C(=O)Nc3cccc(Cl)c3)[C@@H]3C=C[C@@]2(O3)[C@@H]1C(=O)NC1CCCCC1. The number of benzene rings is 1. The monoisotopic (exact) mass is 556 g/mol. The smallest absolute Gasteiger partial charge is 0.246 e. The van der Waals surface area contributed by atoms with Crippen molar-refractivity contribution < 1.29 is 19.1 Å². The Balaban J connectivity index is 1.41. The lowest BCUT2D eigenvalue weighted by molar-refractivity contribution is -0.141. The normalized spacial score (nSPS) is 29.7. The van der Waals surface area contributed by atoms with Crippen LogP contribution in [0.15, 0.2) is 36.4 Å². The summed E-state index contributed by atoms with van der Waals surface area (Å²) in [5.41, 5.74) is -0.575. The van der Waals surface area contributed by atoms with Gasteiger partial charge in [0, 0.05) is 29.8 Å². The number of anilines is 1. The number of halogens is 1. The molecule has 5 rings (SSSR count). The van der Waals surface area contributed by atoms with Crippen LogP contribution in [0, 0.1) is 11.8 Å². The Morgan fingerprint density at radius 2 is 1.85 bits per heavy atom. The van der Waals surface area contributed by atoms with Crippen LogP contribution in [0.3, 0.4) is 0 Å². The van der Waals surface area contributed by atoms with Crippen molar-refractivity contribution in [2.45, 2.75) is 82.6 Å². The van der Waals surface area contributed by atoms with E-state index in [9.17, 15) is 14.4 Å². The van der Waals surface area contributed by atoms with Crippen LogP contribution >= 0.6 is 11.6 Å². The number of likely N-dealkylation sites (tertiary alicyclic amines) is 1. The average Bonchev–Trinajstić information content (AvgIpc) is 3.55. The number of carbonyl (C=O) groups excluding carboxylic acids is 3. The van der Waals surface area contributed by atoms with E-state index in [0.29, 0.717) is 23.8 Å². The Bertz CT molecular complexity index is 1100. The van der Waals surface area contributed by atoms with Gasteiger partial charge in [0.1, 0.15) is 11.6 Å². The van der Waals surface area contributed by atoms with Crippen molar-refractivity contribution in [3.8, 4) is 0 Å². The van der Waals surface area contributed by atoms with Crippen molar-refractivity contribution in [3.63, 3.8) is 0 Å². The van der Waals surface area contributed by atoms with Crippen LogP contribution in [0.4, 0.5) is 5.69 Å². The Labute approximate surface area is 236 Å². The van der Waals surface area contributed by atoms with E-state index < -0.39 is 29.6 Å². The number of hydrogen-bond acceptors (Lipinski definition) is 5. The third kappa shape index (κ3) is 5.48. The number of fused-ring (bicyclic) bond motifs is 1. The van der Waals surface area contributed by atoms with Gasteiger partial charge in [-0.25, -0.2) is 0 Å². The van der Waals surface area contributed by atoms with Crippen LogP contribution in [0.25, 0.3) is 0 Å². The molecule has 2 N–H and O–H groups in total. The summed E-state index contributed by atoms with van der Waals surface area (Å²) in [7, 11) is 0. The molecule has 5 atom stereocenters. The minimum atomic E-state index is -1.14. The number of hydrogen-bond donors (Lipinski definition) is 2. The number of ether oxygens (including phenoxy) is 1. The summed E-state index contributed by atoms with van der Waals surface area (Å²) in [4.78, 5) is 45.7. The van der Waals surface area contributed by atoms with Gasteiger partial charge in [-0.1, -0.05) is 62.9 Å². The van der Waals surface area contributed by atoms with Crippen LogP contribution in [0.1, 0.15) is 58.8 Å². The third-order valence-corrected chi connectivity index (χ3v) is 8.94. The second-order valence-electron chi connectivity index (χ2n) is 11.4. The molecule has 9 heteroatoms. The van der Waals surface area contributed by atoms with Gasteiger partial charge in [0.15, 0.2) is 0 Å². The van der Waals surface area contributed by atoms with Crippen molar-refractivity contribution in [2.24, 2.45) is 11.8 Å². The highest BCUT2D eigenvalue weighted by Crippen LogP contribution is 2.55. The topological polar surface area (TPSA) is 91.0 Å². The van der Waals surface area contributed by atoms with E-state index in [0.717, 1.165) is 51.6 Å². The summed E-state index contributed by atoms with van der Waals surface area (Å²) in [5, 5.41) is 6.70. The maximum absolute atomic E-state index is 14.1. The number of nitrogens with zero attached hydrogens (tertiary/aromatic N) is 2. The molecule has 1 aromatic carbocycles. The average molecular weight is 557 g/mol. The fourth-order valence-electron chi connectivity index (χ4n) is 7.04. The van der Waals surface area contributed by atoms with Crippen molar-refractivity contribution in [2.75, 3.05) is 31.5 Å². The molecule has 0 aromatic heterocycles. The van der Waals surface area contributed by atoms with Gasteiger partial charge in [-0.05, 0) is 57.0 Å². The Hall–Kier alpha value is -2.42. The molecular weight excluding hydrogens is 516 g/mol. The number of rotatable bonds is 11. The predicted molar refractivity (Wildman–Crippen MR) is 151 cm³/mol. The molecule has 3 aliphatic heterocycles. The molecule has 3 heterocycles. The summed E-state index contributed by atoms with van der Waals surface area (Å²) in [5.74, 6) is -2.11. The molecule has 39 heavy (non-hydrogen) atoms. The van der Waals surface area contributed by atoms with Crippen molar-refractivity contribution in [1.82, 2.24) is 15.1 Å². The molecule has 1 aromatic rings. The first-order valence-corrected chi connectivity index (χ1v) is 15.0. The highest BCUT2D eigenvalue weighted by atomic mass is 35.5. The molecule has 8 nitrogen and oxygen atoms in total. The molecular formula is C30H41ClN4O4. The first-order chi connectivity index (χ1) is 18.9. The molecule has 1 saturated carbocycles. The fourth-order valence-corrected chi connectivity index (χ4v) is 7.23. The van der Waals surface area contributed by atoms with Crippen molar-refractivity contribution >= 4 is 35.0 Å². The minimum absolute atomic E-state index is 0.111. The molecule has 0 radical (unpaired) electrons. The molecule has 4 aliphatic rings. The van der Waals surface area contributed by atoms with Gasteiger partial charge in [0.05, 0.1) is 17.9 Å². The molecule has 0 unspecified atom stereocenters. The molecule has 2 saturated heterocycles. The summed E-state index contributed by atoms with van der Waals surface area (Å²) in [6.07, 6.45) is 10.5. The van der Waals surface area contributed by atoms with Crippen LogP contribution < -0.4 is 10.6 Å². The largest absolute Gasteiger partial charge is 0.359 e. The Morgan fingerprint density at radius 1 is 1.10 bits per heavy atom. The van der Waals surface area contributed by atoms with Crippen LogP contribution in [0.2, 0.25) is 5.02 Å². The third-order valence-electron chi connectivity index (χ3n) is 8.71. The number of carbonyl (C=O) groups is 3. The molecule has 1 spiro atoms. The second-order valence-corrected chi connectivity index (χ2v) is 11.9. The van der Waals surface area contributed by atoms with Gasteiger partial charge in [0.25, 0.3) is 0 Å². The van der Waals surface area contributed by atoms with Crippen LogP contribution in [0.5, 0.6) is 0 Å². The second kappa shape index (κ2) is 12.0. The van der Waals surface area contributed by atoms with Gasteiger partial charge in [-0.3, -0.25) is 14.4 Å². The van der Waals surface area contributed by atoms with E-state index in [4.69, 9.17) is 16.3 Å². The summed E-state index contributed by atoms with van der Waals surface area (Å²) < 4.78 is 6.47. The number of amides is 3. The first-order valence-electron chi connectivity index (χ1n) is 14.6. The lowest BCUT2D eigenvalue weighted by Gasteiger charge is -2.35. The standard InChI is InChI=1S/C30H41ClN4O4/c1-3-15-34(16-4-2)17-18-35-26(28(37)32-21-10-6-5-7-11-21)30-14-13-23(39-30)24(25(30)29(35)38)27(36)33-22-12-8-9-20(31)19-22/h8-9,12-14,19,21,23-26H,3-7,10-11,15-18H2,1-2H3,(H,32,37)(H,33,36)/t23-,24+,25-,26-,30-/m0/s1. The van der Waals surface area contributed by atoms with E-state index >= 15 is 0 Å². The van der Waals surface area contributed by atoms with Gasteiger partial charge < -0.3 is 25.2 Å². The Morgan fingerprint density at radius 3 is 2.54 bits per heavy atom. The van der Waals surface area contributed by atoms with E-state index in [2.05, 4.69) is 29.4 Å². The van der Waals surface area contributed by atoms with Crippen molar-refractivity contribution in [1.29, 1.82) is 0 Å². The van der Waals surface area contributed by atoms with E-state index in [1.54, 1.807) is 29.2 Å². The zero-order chi connectivity index (χ0) is 27.6. The molecule has 3 fully saturated rings. The summed E-state index contributed by atoms with van der Waals surface area (Å²) in [6, 6.07) is 6.26. The van der Waals surface area contributed by atoms with E-state index in [1.807, 2.05) is 12.2 Å². The molecule has 2 bridgehead atoms.